The number of carbonyl (C=O) groups excluding carboxylic acids is 3. The van der Waals surface area contributed by atoms with Gasteiger partial charge in [-0.15, -0.1) is 0 Å². The Morgan fingerprint density at radius 2 is 1.75 bits per heavy atom. The zero-order valence-corrected chi connectivity index (χ0v) is 11.1. The predicted molar refractivity (Wildman–Crippen MR) is 64.6 cm³/mol. The fourth-order valence-corrected chi connectivity index (χ4v) is 1.33. The summed E-state index contributed by atoms with van der Waals surface area (Å²) in [5.74, 6) is -4.62. The normalized spacial score (nSPS) is 11.4. The molecule has 20 heavy (non-hydrogen) atoms. The lowest BCUT2D eigenvalue weighted by atomic mass is 10.1. The molecule has 108 valence electrons. The molecule has 1 atom stereocenters. The number of carbonyl (C=O) groups is 3. The van der Waals surface area contributed by atoms with Gasteiger partial charge >= 0.3 is 17.9 Å². The van der Waals surface area contributed by atoms with Gasteiger partial charge in [-0.2, -0.15) is 0 Å². The topological polar surface area (TPSA) is 78.9 Å². The first-order valence-electron chi connectivity index (χ1n) is 5.58. The largest absolute Gasteiger partial charge is 0.468 e. The summed E-state index contributed by atoms with van der Waals surface area (Å²) in [6.07, 6.45) is 0. The van der Waals surface area contributed by atoms with Crippen molar-refractivity contribution in [3.8, 4) is 5.75 Å². The van der Waals surface area contributed by atoms with Crippen LogP contribution in [0.2, 0.25) is 0 Å². The number of ether oxygens (including phenoxy) is 3. The second-order valence-electron chi connectivity index (χ2n) is 3.80. The van der Waals surface area contributed by atoms with Gasteiger partial charge in [-0.1, -0.05) is 0 Å². The summed E-state index contributed by atoms with van der Waals surface area (Å²) in [5.41, 5.74) is -0.252. The molecular formula is C13H13FO6. The van der Waals surface area contributed by atoms with Crippen LogP contribution in [0.25, 0.3) is 0 Å². The Kier molecular flexibility index (Phi) is 5.19. The van der Waals surface area contributed by atoms with Crippen molar-refractivity contribution < 1.29 is 33.0 Å². The van der Waals surface area contributed by atoms with Crippen molar-refractivity contribution in [2.24, 2.45) is 5.92 Å². The van der Waals surface area contributed by atoms with Gasteiger partial charge in [0.1, 0.15) is 17.1 Å². The van der Waals surface area contributed by atoms with Crippen molar-refractivity contribution in [3.05, 3.63) is 29.6 Å². The highest BCUT2D eigenvalue weighted by atomic mass is 19.1. The first-order valence-corrected chi connectivity index (χ1v) is 5.58. The van der Waals surface area contributed by atoms with Crippen LogP contribution < -0.4 is 4.74 Å². The summed E-state index contributed by atoms with van der Waals surface area (Å²) in [4.78, 5) is 34.3. The average molecular weight is 284 g/mol. The molecule has 0 bridgehead atoms. The molecule has 0 N–H and O–H groups in total. The molecule has 0 radical (unpaired) electrons. The molecule has 1 aromatic carbocycles. The molecule has 0 heterocycles. The van der Waals surface area contributed by atoms with Crippen molar-refractivity contribution in [2.75, 3.05) is 14.2 Å². The Hall–Kier alpha value is -2.44. The van der Waals surface area contributed by atoms with Gasteiger partial charge < -0.3 is 14.2 Å². The third-order valence-electron chi connectivity index (χ3n) is 2.47. The molecule has 0 aliphatic heterocycles. The van der Waals surface area contributed by atoms with E-state index in [-0.39, 0.29) is 11.3 Å². The van der Waals surface area contributed by atoms with E-state index in [0.717, 1.165) is 32.4 Å². The minimum Gasteiger partial charge on any atom is -0.468 e. The quantitative estimate of drug-likeness (QED) is 0.471. The Morgan fingerprint density at radius 1 is 1.10 bits per heavy atom. The SMILES string of the molecule is COC(=O)c1cc(F)ccc1OC(=O)C(C)C(=O)OC. The Morgan fingerprint density at radius 3 is 2.30 bits per heavy atom. The lowest BCUT2D eigenvalue weighted by Gasteiger charge is -2.11. The molecule has 6 nitrogen and oxygen atoms in total. The zero-order valence-electron chi connectivity index (χ0n) is 11.1. The van der Waals surface area contributed by atoms with Crippen molar-refractivity contribution >= 4 is 17.9 Å². The van der Waals surface area contributed by atoms with Crippen LogP contribution in [-0.2, 0) is 19.1 Å². The van der Waals surface area contributed by atoms with Gasteiger partial charge in [-0.25, -0.2) is 9.18 Å². The van der Waals surface area contributed by atoms with Gasteiger partial charge in [-0.3, -0.25) is 9.59 Å². The van der Waals surface area contributed by atoms with Crippen LogP contribution in [0, 0.1) is 11.7 Å². The smallest absolute Gasteiger partial charge is 0.341 e. The Bertz CT molecular complexity index is 540. The van der Waals surface area contributed by atoms with E-state index in [9.17, 15) is 18.8 Å². The van der Waals surface area contributed by atoms with E-state index >= 15 is 0 Å². The number of rotatable bonds is 4. The molecule has 1 rings (SSSR count). The number of hydrogen-bond acceptors (Lipinski definition) is 6. The van der Waals surface area contributed by atoms with E-state index in [2.05, 4.69) is 9.47 Å². The average Bonchev–Trinajstić information content (AvgIpc) is 2.46. The summed E-state index contributed by atoms with van der Waals surface area (Å²) in [6.45, 7) is 1.29. The van der Waals surface area contributed by atoms with Crippen LogP contribution in [0.3, 0.4) is 0 Å². The molecule has 0 aromatic heterocycles. The number of hydrogen-bond donors (Lipinski definition) is 0. The molecule has 0 aliphatic carbocycles. The molecule has 0 fully saturated rings. The van der Waals surface area contributed by atoms with Gasteiger partial charge in [-0.05, 0) is 25.1 Å². The van der Waals surface area contributed by atoms with Gasteiger partial charge in [0.15, 0.2) is 5.92 Å². The van der Waals surface area contributed by atoms with E-state index in [1.807, 2.05) is 0 Å². The van der Waals surface area contributed by atoms with Crippen LogP contribution in [0.1, 0.15) is 17.3 Å². The number of halogens is 1. The number of methoxy groups -OCH3 is 2. The van der Waals surface area contributed by atoms with E-state index in [0.29, 0.717) is 0 Å². The van der Waals surface area contributed by atoms with Crippen LogP contribution in [0.5, 0.6) is 5.75 Å². The summed E-state index contributed by atoms with van der Waals surface area (Å²) >= 11 is 0. The monoisotopic (exact) mass is 284 g/mol. The fraction of sp³-hybridized carbons (Fsp3) is 0.308. The first-order chi connectivity index (χ1) is 9.40. The van der Waals surface area contributed by atoms with Crippen molar-refractivity contribution in [3.63, 3.8) is 0 Å². The maximum atomic E-state index is 13.1. The van der Waals surface area contributed by atoms with Gasteiger partial charge in [0, 0.05) is 0 Å². The molecule has 0 amide bonds. The summed E-state index contributed by atoms with van der Waals surface area (Å²) < 4.78 is 26.9. The highest BCUT2D eigenvalue weighted by Crippen LogP contribution is 2.22. The fourth-order valence-electron chi connectivity index (χ4n) is 1.33. The maximum absolute atomic E-state index is 13.1. The third kappa shape index (κ3) is 3.53. The van der Waals surface area contributed by atoms with Gasteiger partial charge in [0.05, 0.1) is 14.2 Å². The molecular weight excluding hydrogens is 271 g/mol. The molecule has 0 saturated heterocycles. The van der Waals surface area contributed by atoms with Crippen LogP contribution in [0.15, 0.2) is 18.2 Å². The minimum absolute atomic E-state index is 0.195. The summed E-state index contributed by atoms with van der Waals surface area (Å²) in [7, 11) is 2.24. The number of benzene rings is 1. The van der Waals surface area contributed by atoms with E-state index in [4.69, 9.17) is 4.74 Å². The molecule has 1 unspecified atom stereocenters. The van der Waals surface area contributed by atoms with E-state index in [1.165, 1.54) is 6.92 Å². The van der Waals surface area contributed by atoms with Crippen LogP contribution >= 0.6 is 0 Å². The van der Waals surface area contributed by atoms with Crippen molar-refractivity contribution in [1.82, 2.24) is 0 Å². The maximum Gasteiger partial charge on any atom is 0.341 e. The van der Waals surface area contributed by atoms with E-state index < -0.39 is 29.6 Å². The lowest BCUT2D eigenvalue weighted by molar-refractivity contribution is -0.154. The van der Waals surface area contributed by atoms with Crippen LogP contribution in [-0.4, -0.2) is 32.1 Å². The molecule has 1 aromatic rings. The van der Waals surface area contributed by atoms with E-state index in [1.54, 1.807) is 0 Å². The Labute approximate surface area is 114 Å². The molecule has 0 spiro atoms. The van der Waals surface area contributed by atoms with Crippen molar-refractivity contribution in [2.45, 2.75) is 6.92 Å². The van der Waals surface area contributed by atoms with Crippen LogP contribution in [0.4, 0.5) is 4.39 Å². The summed E-state index contributed by atoms with van der Waals surface area (Å²) in [6, 6.07) is 2.98. The standard InChI is InChI=1S/C13H13FO6/c1-7(11(15)18-2)12(16)20-10-5-4-8(14)6-9(10)13(17)19-3/h4-7H,1-3H3. The third-order valence-corrected chi connectivity index (χ3v) is 2.47. The summed E-state index contributed by atoms with van der Waals surface area (Å²) in [5, 5.41) is 0. The van der Waals surface area contributed by atoms with Crippen molar-refractivity contribution in [1.29, 1.82) is 0 Å². The van der Waals surface area contributed by atoms with Gasteiger partial charge in [0.25, 0.3) is 0 Å². The van der Waals surface area contributed by atoms with Gasteiger partial charge in [0.2, 0.25) is 0 Å². The number of esters is 3. The second kappa shape index (κ2) is 6.65. The highest BCUT2D eigenvalue weighted by Gasteiger charge is 2.26. The molecule has 7 heteroatoms. The zero-order chi connectivity index (χ0) is 15.3. The Balaban J connectivity index is 3.00. The lowest BCUT2D eigenvalue weighted by Crippen LogP contribution is -2.27. The minimum atomic E-state index is -1.17. The predicted octanol–water partition coefficient (Wildman–Crippen LogP) is 1.33. The molecule has 0 saturated carbocycles. The second-order valence-corrected chi connectivity index (χ2v) is 3.80. The highest BCUT2D eigenvalue weighted by molar-refractivity contribution is 5.97. The molecule has 0 aliphatic rings. The first kappa shape index (κ1) is 15.6.